The van der Waals surface area contributed by atoms with Gasteiger partial charge in [0.2, 0.25) is 0 Å². The fourth-order valence-corrected chi connectivity index (χ4v) is 2.80. The lowest BCUT2D eigenvalue weighted by molar-refractivity contribution is 0.206. The van der Waals surface area contributed by atoms with Crippen LogP contribution in [0.25, 0.3) is 0 Å². The molecule has 0 saturated carbocycles. The molecule has 0 saturated heterocycles. The molecule has 0 heterocycles. The van der Waals surface area contributed by atoms with Crippen molar-refractivity contribution in [2.75, 3.05) is 14.2 Å². The molecule has 0 spiro atoms. The molecule has 0 aliphatic rings. The summed E-state index contributed by atoms with van der Waals surface area (Å²) in [6, 6.07) is 18.6. The minimum absolute atomic E-state index is 0.00927. The van der Waals surface area contributed by atoms with Crippen molar-refractivity contribution in [1.29, 1.82) is 0 Å². The van der Waals surface area contributed by atoms with Crippen LogP contribution < -0.4 is 10.5 Å². The van der Waals surface area contributed by atoms with E-state index < -0.39 is 0 Å². The van der Waals surface area contributed by atoms with Crippen LogP contribution in [-0.2, 0) is 6.54 Å². The number of nitrogens with zero attached hydrogens (tertiary/aromatic N) is 1. The number of methoxy groups -OCH3 is 1. The summed E-state index contributed by atoms with van der Waals surface area (Å²) in [5.41, 5.74) is 8.66. The summed E-state index contributed by atoms with van der Waals surface area (Å²) < 4.78 is 5.49. The zero-order chi connectivity index (χ0) is 15.2. The fourth-order valence-electron chi connectivity index (χ4n) is 2.80. The fraction of sp³-hybridized carbons (Fsp3) is 0.333. The minimum atomic E-state index is 0.00927. The van der Waals surface area contributed by atoms with Crippen LogP contribution in [0, 0.1) is 0 Å². The van der Waals surface area contributed by atoms with Crippen LogP contribution in [0.4, 0.5) is 0 Å². The van der Waals surface area contributed by atoms with E-state index in [2.05, 4.69) is 42.3 Å². The first-order valence-electron chi connectivity index (χ1n) is 7.26. The van der Waals surface area contributed by atoms with Crippen LogP contribution in [0.5, 0.6) is 5.75 Å². The van der Waals surface area contributed by atoms with Crippen molar-refractivity contribution in [2.45, 2.75) is 25.6 Å². The molecule has 0 amide bonds. The highest BCUT2D eigenvalue weighted by Crippen LogP contribution is 2.31. The standard InChI is InChI=1S/C18H24N2O/c1-14(19)18(16-11-7-8-12-17(16)21-3)20(2)13-15-9-5-4-6-10-15/h4-12,14,18H,13,19H2,1-3H3. The van der Waals surface area contributed by atoms with Gasteiger partial charge in [0.15, 0.2) is 0 Å². The molecule has 0 bridgehead atoms. The van der Waals surface area contributed by atoms with Crippen molar-refractivity contribution in [3.8, 4) is 5.75 Å². The zero-order valence-corrected chi connectivity index (χ0v) is 13.0. The monoisotopic (exact) mass is 284 g/mol. The number of nitrogens with two attached hydrogens (primary N) is 1. The highest BCUT2D eigenvalue weighted by molar-refractivity contribution is 5.36. The van der Waals surface area contributed by atoms with Crippen molar-refractivity contribution in [2.24, 2.45) is 5.73 Å². The van der Waals surface area contributed by atoms with Gasteiger partial charge in [-0.3, -0.25) is 4.90 Å². The predicted octanol–water partition coefficient (Wildman–Crippen LogP) is 3.22. The summed E-state index contributed by atoms with van der Waals surface area (Å²) in [5.74, 6) is 0.889. The Hall–Kier alpha value is -1.84. The maximum atomic E-state index is 6.25. The molecule has 2 aromatic rings. The third-order valence-electron chi connectivity index (χ3n) is 3.71. The molecule has 0 aliphatic heterocycles. The Morgan fingerprint density at radius 3 is 2.29 bits per heavy atom. The molecule has 2 aromatic carbocycles. The first-order valence-corrected chi connectivity index (χ1v) is 7.26. The molecule has 3 heteroatoms. The summed E-state index contributed by atoms with van der Waals surface area (Å²) in [6.07, 6.45) is 0. The van der Waals surface area contributed by atoms with Gasteiger partial charge in [-0.2, -0.15) is 0 Å². The lowest BCUT2D eigenvalue weighted by Gasteiger charge is -2.32. The van der Waals surface area contributed by atoms with Crippen LogP contribution in [0.3, 0.4) is 0 Å². The number of ether oxygens (including phenoxy) is 1. The minimum Gasteiger partial charge on any atom is -0.496 e. The lowest BCUT2D eigenvalue weighted by atomic mass is 9.98. The van der Waals surface area contributed by atoms with Crippen LogP contribution >= 0.6 is 0 Å². The zero-order valence-electron chi connectivity index (χ0n) is 13.0. The van der Waals surface area contributed by atoms with Gasteiger partial charge in [0.1, 0.15) is 5.75 Å². The molecule has 2 unspecified atom stereocenters. The van der Waals surface area contributed by atoms with Crippen molar-refractivity contribution in [3.05, 3.63) is 65.7 Å². The van der Waals surface area contributed by atoms with E-state index in [0.29, 0.717) is 0 Å². The number of rotatable bonds is 6. The molecule has 2 rings (SSSR count). The van der Waals surface area contributed by atoms with E-state index in [1.165, 1.54) is 5.56 Å². The maximum absolute atomic E-state index is 6.25. The van der Waals surface area contributed by atoms with Crippen molar-refractivity contribution < 1.29 is 4.74 Å². The third kappa shape index (κ3) is 3.84. The summed E-state index contributed by atoms with van der Waals surface area (Å²) in [7, 11) is 3.81. The molecule has 112 valence electrons. The van der Waals surface area contributed by atoms with E-state index in [1.54, 1.807) is 7.11 Å². The Labute approximate surface area is 127 Å². The maximum Gasteiger partial charge on any atom is 0.123 e. The smallest absolute Gasteiger partial charge is 0.123 e. The van der Waals surface area contributed by atoms with Gasteiger partial charge in [-0.1, -0.05) is 48.5 Å². The van der Waals surface area contributed by atoms with Crippen LogP contribution in [0.15, 0.2) is 54.6 Å². The number of benzene rings is 2. The quantitative estimate of drug-likeness (QED) is 0.885. The van der Waals surface area contributed by atoms with E-state index in [4.69, 9.17) is 10.5 Å². The molecular formula is C18H24N2O. The predicted molar refractivity (Wildman–Crippen MR) is 87.3 cm³/mol. The molecular weight excluding hydrogens is 260 g/mol. The Bertz CT molecular complexity index is 554. The van der Waals surface area contributed by atoms with Crippen molar-refractivity contribution in [3.63, 3.8) is 0 Å². The molecule has 21 heavy (non-hydrogen) atoms. The van der Waals surface area contributed by atoms with Gasteiger partial charge in [-0.25, -0.2) is 0 Å². The first kappa shape index (κ1) is 15.5. The van der Waals surface area contributed by atoms with E-state index in [9.17, 15) is 0 Å². The number of hydrogen-bond acceptors (Lipinski definition) is 3. The Kier molecular flexibility index (Phi) is 5.37. The summed E-state index contributed by atoms with van der Waals surface area (Å²) in [6.45, 7) is 2.89. The Balaban J connectivity index is 2.26. The molecule has 2 N–H and O–H groups in total. The van der Waals surface area contributed by atoms with Gasteiger partial charge in [0, 0.05) is 18.2 Å². The molecule has 0 fully saturated rings. The molecule has 0 aromatic heterocycles. The largest absolute Gasteiger partial charge is 0.496 e. The van der Waals surface area contributed by atoms with E-state index in [-0.39, 0.29) is 12.1 Å². The molecule has 0 radical (unpaired) electrons. The van der Waals surface area contributed by atoms with Crippen LogP contribution in [0.2, 0.25) is 0 Å². The molecule has 3 nitrogen and oxygen atoms in total. The Morgan fingerprint density at radius 2 is 1.67 bits per heavy atom. The number of para-hydroxylation sites is 1. The SMILES string of the molecule is COc1ccccc1C(C(C)N)N(C)Cc1ccccc1. The van der Waals surface area contributed by atoms with Gasteiger partial charge in [0.05, 0.1) is 13.2 Å². The number of hydrogen-bond donors (Lipinski definition) is 1. The summed E-state index contributed by atoms with van der Waals surface area (Å²) in [5, 5.41) is 0. The van der Waals surface area contributed by atoms with E-state index in [0.717, 1.165) is 17.9 Å². The normalized spacial score (nSPS) is 14.0. The second-order valence-electron chi connectivity index (χ2n) is 5.45. The van der Waals surface area contributed by atoms with Crippen molar-refractivity contribution >= 4 is 0 Å². The second kappa shape index (κ2) is 7.25. The number of likely N-dealkylation sites (N-methyl/N-ethyl adjacent to an activating group) is 1. The van der Waals surface area contributed by atoms with Gasteiger partial charge in [-0.05, 0) is 25.6 Å². The van der Waals surface area contributed by atoms with Gasteiger partial charge < -0.3 is 10.5 Å². The summed E-state index contributed by atoms with van der Waals surface area (Å²) in [4.78, 5) is 2.28. The van der Waals surface area contributed by atoms with E-state index >= 15 is 0 Å². The van der Waals surface area contributed by atoms with Crippen LogP contribution in [0.1, 0.15) is 24.1 Å². The van der Waals surface area contributed by atoms with Gasteiger partial charge >= 0.3 is 0 Å². The average Bonchev–Trinajstić information content (AvgIpc) is 2.48. The Morgan fingerprint density at radius 1 is 1.05 bits per heavy atom. The second-order valence-corrected chi connectivity index (χ2v) is 5.45. The van der Waals surface area contributed by atoms with E-state index in [1.807, 2.05) is 31.2 Å². The van der Waals surface area contributed by atoms with Crippen LogP contribution in [-0.4, -0.2) is 25.1 Å². The lowest BCUT2D eigenvalue weighted by Crippen LogP contribution is -2.37. The molecule has 0 aliphatic carbocycles. The highest BCUT2D eigenvalue weighted by atomic mass is 16.5. The molecule has 2 atom stereocenters. The van der Waals surface area contributed by atoms with Gasteiger partial charge in [0.25, 0.3) is 0 Å². The first-order chi connectivity index (χ1) is 10.1. The third-order valence-corrected chi connectivity index (χ3v) is 3.71. The summed E-state index contributed by atoms with van der Waals surface area (Å²) >= 11 is 0. The van der Waals surface area contributed by atoms with Gasteiger partial charge in [-0.15, -0.1) is 0 Å². The van der Waals surface area contributed by atoms with Crippen molar-refractivity contribution in [1.82, 2.24) is 4.90 Å². The average molecular weight is 284 g/mol. The highest BCUT2D eigenvalue weighted by Gasteiger charge is 2.24. The topological polar surface area (TPSA) is 38.5 Å².